The number of ether oxygens (including phenoxy) is 2. The van der Waals surface area contributed by atoms with E-state index < -0.39 is 29.0 Å². The molecular formula is C13H10F3NO5. The van der Waals surface area contributed by atoms with Crippen LogP contribution in [0.5, 0.6) is 11.5 Å². The minimum Gasteiger partial charge on any atom is -0.493 e. The van der Waals surface area contributed by atoms with Gasteiger partial charge in [-0.1, -0.05) is 5.16 Å². The maximum Gasteiger partial charge on any atom is 0.417 e. The Balaban J connectivity index is 2.76. The first-order chi connectivity index (χ1) is 10.3. The molecule has 0 fully saturated rings. The average molecular weight is 317 g/mol. The maximum absolute atomic E-state index is 13.2. The number of rotatable bonds is 4. The van der Waals surface area contributed by atoms with E-state index in [0.29, 0.717) is 0 Å². The number of carboxylic acids is 1. The van der Waals surface area contributed by atoms with Crippen LogP contribution < -0.4 is 9.47 Å². The summed E-state index contributed by atoms with van der Waals surface area (Å²) in [5, 5.41) is 12.2. The second-order valence-corrected chi connectivity index (χ2v) is 4.10. The van der Waals surface area contributed by atoms with Crippen LogP contribution in [0.25, 0.3) is 11.3 Å². The van der Waals surface area contributed by atoms with Crippen LogP contribution in [0, 0.1) is 0 Å². The second kappa shape index (κ2) is 5.58. The van der Waals surface area contributed by atoms with Crippen LogP contribution >= 0.6 is 0 Å². The van der Waals surface area contributed by atoms with Crippen molar-refractivity contribution in [2.75, 3.05) is 14.2 Å². The van der Waals surface area contributed by atoms with Gasteiger partial charge >= 0.3 is 12.1 Å². The van der Waals surface area contributed by atoms with Gasteiger partial charge in [0.25, 0.3) is 0 Å². The third-order valence-electron chi connectivity index (χ3n) is 2.83. The van der Waals surface area contributed by atoms with Gasteiger partial charge in [-0.3, -0.25) is 0 Å². The molecule has 0 aliphatic carbocycles. The Labute approximate surface area is 122 Å². The highest BCUT2D eigenvalue weighted by atomic mass is 19.4. The fourth-order valence-electron chi connectivity index (χ4n) is 1.91. The van der Waals surface area contributed by atoms with Crippen LogP contribution in [0.2, 0.25) is 0 Å². The maximum atomic E-state index is 13.2. The predicted molar refractivity (Wildman–Crippen MR) is 67.0 cm³/mol. The lowest BCUT2D eigenvalue weighted by atomic mass is 10.0. The van der Waals surface area contributed by atoms with E-state index in [-0.39, 0.29) is 17.2 Å². The minimum atomic E-state index is -4.70. The van der Waals surface area contributed by atoms with Gasteiger partial charge in [0.1, 0.15) is 5.69 Å². The van der Waals surface area contributed by atoms with Gasteiger partial charge in [0.15, 0.2) is 11.5 Å². The van der Waals surface area contributed by atoms with Gasteiger partial charge in [-0.15, -0.1) is 0 Å². The number of aromatic carboxylic acids is 1. The van der Waals surface area contributed by atoms with E-state index in [1.54, 1.807) is 0 Å². The van der Waals surface area contributed by atoms with Crippen LogP contribution in [0.3, 0.4) is 0 Å². The van der Waals surface area contributed by atoms with Crippen molar-refractivity contribution < 1.29 is 37.1 Å². The molecule has 0 amide bonds. The van der Waals surface area contributed by atoms with Crippen molar-refractivity contribution in [2.24, 2.45) is 0 Å². The van der Waals surface area contributed by atoms with E-state index in [1.165, 1.54) is 14.2 Å². The van der Waals surface area contributed by atoms with Gasteiger partial charge in [0.2, 0.25) is 5.76 Å². The Kier molecular flexibility index (Phi) is 3.98. The molecule has 0 spiro atoms. The van der Waals surface area contributed by atoms with E-state index in [1.807, 2.05) is 0 Å². The zero-order valence-corrected chi connectivity index (χ0v) is 11.4. The highest BCUT2D eigenvalue weighted by Crippen LogP contribution is 2.46. The summed E-state index contributed by atoms with van der Waals surface area (Å²) in [4.78, 5) is 10.8. The smallest absolute Gasteiger partial charge is 0.417 e. The van der Waals surface area contributed by atoms with Crippen molar-refractivity contribution in [3.63, 3.8) is 0 Å². The van der Waals surface area contributed by atoms with Crippen LogP contribution in [-0.2, 0) is 6.18 Å². The second-order valence-electron chi connectivity index (χ2n) is 4.10. The highest BCUT2D eigenvalue weighted by molar-refractivity contribution is 5.87. The van der Waals surface area contributed by atoms with Crippen molar-refractivity contribution >= 4 is 5.97 Å². The van der Waals surface area contributed by atoms with E-state index in [4.69, 9.17) is 14.6 Å². The van der Waals surface area contributed by atoms with Gasteiger partial charge < -0.3 is 19.1 Å². The Hall–Kier alpha value is -2.71. The number of methoxy groups -OCH3 is 2. The Bertz CT molecular complexity index is 708. The van der Waals surface area contributed by atoms with Gasteiger partial charge in [0.05, 0.1) is 25.3 Å². The normalized spacial score (nSPS) is 11.3. The number of carboxylic acid groups (broad SMARTS) is 1. The fourth-order valence-corrected chi connectivity index (χ4v) is 1.91. The zero-order valence-electron chi connectivity index (χ0n) is 11.4. The first kappa shape index (κ1) is 15.7. The molecule has 2 aromatic rings. The molecule has 2 rings (SSSR count). The molecule has 0 aliphatic heterocycles. The summed E-state index contributed by atoms with van der Waals surface area (Å²) in [7, 11) is 2.43. The van der Waals surface area contributed by atoms with Gasteiger partial charge in [0, 0.05) is 6.07 Å². The summed E-state index contributed by atoms with van der Waals surface area (Å²) in [5.74, 6) is -2.21. The average Bonchev–Trinajstić information content (AvgIpc) is 2.94. The lowest BCUT2D eigenvalue weighted by Gasteiger charge is -2.17. The van der Waals surface area contributed by atoms with E-state index in [2.05, 4.69) is 9.68 Å². The van der Waals surface area contributed by atoms with Crippen LogP contribution in [-0.4, -0.2) is 30.5 Å². The summed E-state index contributed by atoms with van der Waals surface area (Å²) in [6, 6.07) is 2.78. The molecule has 0 radical (unpaired) electrons. The molecule has 1 N–H and O–H groups in total. The van der Waals surface area contributed by atoms with Crippen LogP contribution in [0.4, 0.5) is 13.2 Å². The summed E-state index contributed by atoms with van der Waals surface area (Å²) in [5.41, 5.74) is -1.82. The Morgan fingerprint density at radius 2 is 1.95 bits per heavy atom. The number of nitrogens with zero attached hydrogens (tertiary/aromatic N) is 1. The number of alkyl halides is 3. The van der Waals surface area contributed by atoms with E-state index in [9.17, 15) is 18.0 Å². The van der Waals surface area contributed by atoms with Crippen LogP contribution in [0.1, 0.15) is 16.1 Å². The van der Waals surface area contributed by atoms with Crippen molar-refractivity contribution in [2.45, 2.75) is 6.18 Å². The fraction of sp³-hybridized carbons (Fsp3) is 0.231. The van der Waals surface area contributed by atoms with Crippen molar-refractivity contribution in [3.8, 4) is 22.8 Å². The molecule has 0 saturated carbocycles. The molecule has 118 valence electrons. The molecule has 22 heavy (non-hydrogen) atoms. The van der Waals surface area contributed by atoms with E-state index in [0.717, 1.165) is 18.2 Å². The first-order valence-corrected chi connectivity index (χ1v) is 5.82. The molecular weight excluding hydrogens is 307 g/mol. The SMILES string of the molecule is COc1ccc(C(F)(F)F)c(-c2cc(C(=O)O)on2)c1OC. The Morgan fingerprint density at radius 1 is 1.27 bits per heavy atom. The number of carbonyl (C=O) groups is 1. The van der Waals surface area contributed by atoms with Crippen molar-refractivity contribution in [3.05, 3.63) is 29.5 Å². The monoisotopic (exact) mass is 317 g/mol. The number of hydrogen-bond donors (Lipinski definition) is 1. The molecule has 1 heterocycles. The lowest BCUT2D eigenvalue weighted by molar-refractivity contribution is -0.137. The zero-order chi connectivity index (χ0) is 16.5. The third kappa shape index (κ3) is 2.69. The van der Waals surface area contributed by atoms with Gasteiger partial charge in [-0.2, -0.15) is 13.2 Å². The molecule has 0 atom stereocenters. The largest absolute Gasteiger partial charge is 0.493 e. The molecule has 0 bridgehead atoms. The summed E-state index contributed by atoms with van der Waals surface area (Å²) >= 11 is 0. The summed E-state index contributed by atoms with van der Waals surface area (Å²) in [6.07, 6.45) is -4.70. The molecule has 1 aromatic heterocycles. The quantitative estimate of drug-likeness (QED) is 0.933. The van der Waals surface area contributed by atoms with E-state index >= 15 is 0 Å². The first-order valence-electron chi connectivity index (χ1n) is 5.82. The van der Waals surface area contributed by atoms with Gasteiger partial charge in [-0.05, 0) is 12.1 Å². The molecule has 9 heteroatoms. The lowest BCUT2D eigenvalue weighted by Crippen LogP contribution is -2.09. The molecule has 6 nitrogen and oxygen atoms in total. The van der Waals surface area contributed by atoms with Crippen molar-refractivity contribution in [1.82, 2.24) is 5.16 Å². The standard InChI is InChI=1S/C13H10F3NO5/c1-20-8-4-3-6(13(14,15)16)10(11(8)21-2)7-5-9(12(18)19)22-17-7/h3-5H,1-2H3,(H,18,19). The molecule has 0 unspecified atom stereocenters. The minimum absolute atomic E-state index is 0.0466. The topological polar surface area (TPSA) is 81.8 Å². The van der Waals surface area contributed by atoms with Crippen molar-refractivity contribution in [1.29, 1.82) is 0 Å². The highest BCUT2D eigenvalue weighted by Gasteiger charge is 2.37. The number of hydrogen-bond acceptors (Lipinski definition) is 5. The molecule has 1 aromatic carbocycles. The third-order valence-corrected chi connectivity index (χ3v) is 2.83. The van der Waals surface area contributed by atoms with Crippen LogP contribution in [0.15, 0.2) is 22.7 Å². The number of benzene rings is 1. The summed E-state index contributed by atoms with van der Waals surface area (Å²) < 4.78 is 54.0. The molecule has 0 saturated heterocycles. The number of halogens is 3. The predicted octanol–water partition coefficient (Wildman–Crippen LogP) is 3.08. The van der Waals surface area contributed by atoms with Gasteiger partial charge in [-0.25, -0.2) is 4.79 Å². The molecule has 0 aliphatic rings. The summed E-state index contributed by atoms with van der Waals surface area (Å²) in [6.45, 7) is 0. The number of aromatic nitrogens is 1. The Morgan fingerprint density at radius 3 is 2.41 bits per heavy atom.